The Morgan fingerprint density at radius 1 is 1.11 bits per heavy atom. The van der Waals surface area contributed by atoms with Gasteiger partial charge in [0.2, 0.25) is 5.91 Å². The molecule has 27 heavy (non-hydrogen) atoms. The molecule has 1 aliphatic heterocycles. The molecule has 2 aromatic carbocycles. The molecule has 0 aromatic heterocycles. The highest BCUT2D eigenvalue weighted by atomic mass is 16.2. The number of nitrogens with zero attached hydrogens (tertiary/aromatic N) is 2. The maximum Gasteiger partial charge on any atom is 0.239 e. The van der Waals surface area contributed by atoms with Crippen LogP contribution < -0.4 is 5.73 Å². The van der Waals surface area contributed by atoms with Crippen molar-refractivity contribution in [3.8, 4) is 0 Å². The summed E-state index contributed by atoms with van der Waals surface area (Å²) in [6.45, 7) is 4.24. The molecule has 0 aliphatic carbocycles. The molecule has 1 fully saturated rings. The number of carbonyl (C=O) groups excluding carboxylic acids is 1. The van der Waals surface area contributed by atoms with Gasteiger partial charge in [-0.1, -0.05) is 60.7 Å². The molecule has 4 heteroatoms. The number of likely N-dealkylation sites (tertiary alicyclic amines) is 1. The summed E-state index contributed by atoms with van der Waals surface area (Å²) >= 11 is 0. The second-order valence-electron chi connectivity index (χ2n) is 7.73. The molecule has 0 saturated carbocycles. The van der Waals surface area contributed by atoms with E-state index < -0.39 is 6.04 Å². The number of hydrogen-bond acceptors (Lipinski definition) is 3. The van der Waals surface area contributed by atoms with E-state index >= 15 is 0 Å². The van der Waals surface area contributed by atoms with Crippen molar-refractivity contribution in [1.82, 2.24) is 9.80 Å². The second kappa shape index (κ2) is 9.16. The zero-order valence-corrected chi connectivity index (χ0v) is 16.4. The quantitative estimate of drug-likeness (QED) is 0.856. The number of nitrogens with two attached hydrogens (primary N) is 1. The van der Waals surface area contributed by atoms with E-state index in [1.165, 1.54) is 5.56 Å². The van der Waals surface area contributed by atoms with E-state index in [1.807, 2.05) is 42.3 Å². The summed E-state index contributed by atoms with van der Waals surface area (Å²) in [4.78, 5) is 17.2. The number of carbonyl (C=O) groups is 1. The van der Waals surface area contributed by atoms with Crippen molar-refractivity contribution in [2.45, 2.75) is 50.9 Å². The average molecular weight is 366 g/mol. The minimum Gasteiger partial charge on any atom is -0.341 e. The van der Waals surface area contributed by atoms with Gasteiger partial charge in [-0.3, -0.25) is 9.69 Å². The lowest BCUT2D eigenvalue weighted by atomic mass is 9.95. The first-order chi connectivity index (χ1) is 13.0. The summed E-state index contributed by atoms with van der Waals surface area (Å²) in [5.74, 6) is 0.0487. The smallest absolute Gasteiger partial charge is 0.239 e. The largest absolute Gasteiger partial charge is 0.341 e. The maximum atomic E-state index is 12.8. The molecule has 4 nitrogen and oxygen atoms in total. The average Bonchev–Trinajstić information content (AvgIpc) is 2.70. The third-order valence-electron chi connectivity index (χ3n) is 5.73. The summed E-state index contributed by atoms with van der Waals surface area (Å²) in [5, 5.41) is 0. The fourth-order valence-electron chi connectivity index (χ4n) is 4.00. The molecule has 1 heterocycles. The van der Waals surface area contributed by atoms with Gasteiger partial charge < -0.3 is 10.6 Å². The van der Waals surface area contributed by atoms with E-state index in [0.717, 1.165) is 31.5 Å². The van der Waals surface area contributed by atoms with Crippen molar-refractivity contribution in [3.63, 3.8) is 0 Å². The Labute approximate surface area is 163 Å². The van der Waals surface area contributed by atoms with Gasteiger partial charge in [0.1, 0.15) is 0 Å². The molecular weight excluding hydrogens is 334 g/mol. The highest BCUT2D eigenvalue weighted by Crippen LogP contribution is 2.23. The van der Waals surface area contributed by atoms with E-state index in [1.54, 1.807) is 0 Å². The number of piperidine rings is 1. The molecule has 3 atom stereocenters. The van der Waals surface area contributed by atoms with Crippen LogP contribution in [0, 0.1) is 0 Å². The Bertz CT molecular complexity index is 719. The predicted molar refractivity (Wildman–Crippen MR) is 110 cm³/mol. The van der Waals surface area contributed by atoms with Crippen LogP contribution in [0.3, 0.4) is 0 Å². The predicted octanol–water partition coefficient (Wildman–Crippen LogP) is 3.07. The third kappa shape index (κ3) is 5.18. The number of amides is 1. The van der Waals surface area contributed by atoms with E-state index in [0.29, 0.717) is 12.5 Å². The first-order valence-corrected chi connectivity index (χ1v) is 9.88. The fourth-order valence-corrected chi connectivity index (χ4v) is 4.00. The molecule has 2 N–H and O–H groups in total. The van der Waals surface area contributed by atoms with E-state index in [-0.39, 0.29) is 11.9 Å². The molecule has 0 unspecified atom stereocenters. The summed E-state index contributed by atoms with van der Waals surface area (Å²) in [6, 6.07) is 20.8. The van der Waals surface area contributed by atoms with Crippen molar-refractivity contribution in [2.24, 2.45) is 5.73 Å². The zero-order chi connectivity index (χ0) is 19.2. The van der Waals surface area contributed by atoms with Crippen LogP contribution in [0.25, 0.3) is 0 Å². The highest BCUT2D eigenvalue weighted by Gasteiger charge is 2.31. The van der Waals surface area contributed by atoms with Gasteiger partial charge in [-0.05, 0) is 37.3 Å². The van der Waals surface area contributed by atoms with Gasteiger partial charge in [0.05, 0.1) is 6.04 Å². The topological polar surface area (TPSA) is 49.6 Å². The van der Waals surface area contributed by atoms with Crippen LogP contribution >= 0.6 is 0 Å². The summed E-state index contributed by atoms with van der Waals surface area (Å²) in [6.07, 6.45) is 2.58. The SMILES string of the molecule is C[C@@H]1C[C@@H](N(C)C(=O)[C@H](N)Cc2ccccc2)CCN1Cc1ccccc1. The zero-order valence-electron chi connectivity index (χ0n) is 16.4. The van der Waals surface area contributed by atoms with Crippen LogP contribution in [-0.2, 0) is 17.8 Å². The van der Waals surface area contributed by atoms with E-state index in [2.05, 4.69) is 42.2 Å². The second-order valence-corrected chi connectivity index (χ2v) is 7.73. The number of likely N-dealkylation sites (N-methyl/N-ethyl adjacent to an activating group) is 1. The molecule has 0 spiro atoms. The van der Waals surface area contributed by atoms with Crippen molar-refractivity contribution in [2.75, 3.05) is 13.6 Å². The van der Waals surface area contributed by atoms with Crippen molar-refractivity contribution < 1.29 is 4.79 Å². The lowest BCUT2D eigenvalue weighted by Gasteiger charge is -2.41. The first-order valence-electron chi connectivity index (χ1n) is 9.88. The van der Waals surface area contributed by atoms with Crippen LogP contribution in [-0.4, -0.2) is 47.4 Å². The van der Waals surface area contributed by atoms with Gasteiger partial charge in [0.25, 0.3) is 0 Å². The molecule has 2 aromatic rings. The highest BCUT2D eigenvalue weighted by molar-refractivity contribution is 5.82. The molecular formula is C23H31N3O. The lowest BCUT2D eigenvalue weighted by Crippen LogP contribution is -2.53. The number of rotatable bonds is 6. The molecule has 1 aliphatic rings. The fraction of sp³-hybridized carbons (Fsp3) is 0.435. The van der Waals surface area contributed by atoms with Gasteiger partial charge in [-0.15, -0.1) is 0 Å². The lowest BCUT2D eigenvalue weighted by molar-refractivity contribution is -0.134. The van der Waals surface area contributed by atoms with Crippen LogP contribution in [0.5, 0.6) is 0 Å². The van der Waals surface area contributed by atoms with Crippen LogP contribution in [0.4, 0.5) is 0 Å². The van der Waals surface area contributed by atoms with Gasteiger partial charge >= 0.3 is 0 Å². The van der Waals surface area contributed by atoms with E-state index in [4.69, 9.17) is 5.73 Å². The Morgan fingerprint density at radius 2 is 1.70 bits per heavy atom. The van der Waals surface area contributed by atoms with Crippen LogP contribution in [0.15, 0.2) is 60.7 Å². The molecule has 3 rings (SSSR count). The van der Waals surface area contributed by atoms with Crippen molar-refractivity contribution >= 4 is 5.91 Å². The molecule has 1 amide bonds. The normalized spacial score (nSPS) is 21.6. The monoisotopic (exact) mass is 365 g/mol. The van der Waals surface area contributed by atoms with E-state index in [9.17, 15) is 4.79 Å². The van der Waals surface area contributed by atoms with Crippen LogP contribution in [0.2, 0.25) is 0 Å². The van der Waals surface area contributed by atoms with Gasteiger partial charge in [0.15, 0.2) is 0 Å². The molecule has 0 radical (unpaired) electrons. The van der Waals surface area contributed by atoms with Crippen molar-refractivity contribution in [3.05, 3.63) is 71.8 Å². The Balaban J connectivity index is 1.53. The minimum absolute atomic E-state index is 0.0487. The Morgan fingerprint density at radius 3 is 2.30 bits per heavy atom. The summed E-state index contributed by atoms with van der Waals surface area (Å²) in [5.41, 5.74) is 8.67. The maximum absolute atomic E-state index is 12.8. The molecule has 1 saturated heterocycles. The summed E-state index contributed by atoms with van der Waals surface area (Å²) < 4.78 is 0. The minimum atomic E-state index is -0.477. The Hall–Kier alpha value is -2.17. The summed E-state index contributed by atoms with van der Waals surface area (Å²) in [7, 11) is 1.91. The van der Waals surface area contributed by atoms with Crippen LogP contribution in [0.1, 0.15) is 30.9 Å². The van der Waals surface area contributed by atoms with Crippen molar-refractivity contribution in [1.29, 1.82) is 0 Å². The van der Waals surface area contributed by atoms with Gasteiger partial charge in [-0.25, -0.2) is 0 Å². The standard InChI is InChI=1S/C23H31N3O/c1-18-15-21(13-14-26(18)17-20-11-7-4-8-12-20)25(2)23(27)22(24)16-19-9-5-3-6-10-19/h3-12,18,21-22H,13-17,24H2,1-2H3/t18-,21+,22-/m1/s1. The molecule has 0 bridgehead atoms. The Kier molecular flexibility index (Phi) is 6.64. The van der Waals surface area contributed by atoms with Gasteiger partial charge in [-0.2, -0.15) is 0 Å². The first kappa shape index (κ1) is 19.6. The number of benzene rings is 2. The third-order valence-corrected chi connectivity index (χ3v) is 5.73. The molecule has 144 valence electrons. The van der Waals surface area contributed by atoms with Gasteiger partial charge in [0, 0.05) is 32.2 Å². The number of hydrogen-bond donors (Lipinski definition) is 1.